The van der Waals surface area contributed by atoms with E-state index < -0.39 is 11.8 Å². The van der Waals surface area contributed by atoms with Crippen molar-refractivity contribution >= 4 is 63.3 Å². The van der Waals surface area contributed by atoms with Crippen LogP contribution in [0.4, 0.5) is 11.4 Å². The summed E-state index contributed by atoms with van der Waals surface area (Å²) in [6, 6.07) is 15.2. The fourth-order valence-corrected chi connectivity index (χ4v) is 4.10. The van der Waals surface area contributed by atoms with Gasteiger partial charge >= 0.3 is 0 Å². The highest BCUT2D eigenvalue weighted by atomic mass is 35.5. The zero-order valence-corrected chi connectivity index (χ0v) is 17.4. The maximum Gasteiger partial charge on any atom is 0.282 e. The Kier molecular flexibility index (Phi) is 5.32. The van der Waals surface area contributed by atoms with Crippen molar-refractivity contribution in [2.24, 2.45) is 0 Å². The number of hydrogen-bond donors (Lipinski definition) is 1. The molecule has 4 rings (SSSR count). The van der Waals surface area contributed by atoms with Crippen molar-refractivity contribution in [3.63, 3.8) is 0 Å². The Balaban J connectivity index is 1.82. The van der Waals surface area contributed by atoms with E-state index in [2.05, 4.69) is 5.32 Å². The molecule has 0 spiro atoms. The molecular formula is C21H14Cl2N2O3S. The summed E-state index contributed by atoms with van der Waals surface area (Å²) in [7, 11) is 1.52. The lowest BCUT2D eigenvalue weighted by Gasteiger charge is -2.16. The molecule has 0 atom stereocenters. The van der Waals surface area contributed by atoms with Crippen molar-refractivity contribution in [2.75, 3.05) is 17.3 Å². The predicted molar refractivity (Wildman–Crippen MR) is 117 cm³/mol. The van der Waals surface area contributed by atoms with Crippen LogP contribution in [0.2, 0.25) is 10.0 Å². The van der Waals surface area contributed by atoms with Gasteiger partial charge in [0.1, 0.15) is 11.4 Å². The molecule has 0 saturated carbocycles. The summed E-state index contributed by atoms with van der Waals surface area (Å²) >= 11 is 13.4. The van der Waals surface area contributed by atoms with Crippen LogP contribution < -0.4 is 15.0 Å². The molecule has 1 N–H and O–H groups in total. The average molecular weight is 445 g/mol. The Hall–Kier alpha value is -2.80. The van der Waals surface area contributed by atoms with Gasteiger partial charge in [-0.1, -0.05) is 29.3 Å². The molecule has 1 aliphatic rings. The quantitative estimate of drug-likeness (QED) is 0.530. The summed E-state index contributed by atoms with van der Waals surface area (Å²) < 4.78 is 5.36. The first-order valence-corrected chi connectivity index (χ1v) is 10.2. The second-order valence-electron chi connectivity index (χ2n) is 6.12. The van der Waals surface area contributed by atoms with Gasteiger partial charge in [-0.05, 0) is 53.9 Å². The van der Waals surface area contributed by atoms with Crippen LogP contribution in [0.3, 0.4) is 0 Å². The van der Waals surface area contributed by atoms with E-state index in [4.69, 9.17) is 27.9 Å². The zero-order chi connectivity index (χ0) is 20.5. The Morgan fingerprint density at radius 3 is 2.34 bits per heavy atom. The molecule has 8 heteroatoms. The number of carbonyl (C=O) groups is 2. The standard InChI is InChI=1S/C21H14Cl2N2O3S/c1-28-16-9-6-13(23)11-15(16)24-19-18(17-3-2-10-29-17)20(26)25(21(19)27)14-7-4-12(22)5-8-14/h2-11,24H,1H3. The number of benzene rings is 2. The summed E-state index contributed by atoms with van der Waals surface area (Å²) in [5.41, 5.74) is 1.38. The predicted octanol–water partition coefficient (Wildman–Crippen LogP) is 5.46. The summed E-state index contributed by atoms with van der Waals surface area (Å²) in [5.74, 6) is -0.386. The summed E-state index contributed by atoms with van der Waals surface area (Å²) in [4.78, 5) is 28.3. The molecule has 2 aromatic carbocycles. The van der Waals surface area contributed by atoms with Crippen molar-refractivity contribution in [2.45, 2.75) is 0 Å². The van der Waals surface area contributed by atoms with Gasteiger partial charge < -0.3 is 10.1 Å². The van der Waals surface area contributed by atoms with Crippen LogP contribution in [0, 0.1) is 0 Å². The maximum absolute atomic E-state index is 13.3. The third kappa shape index (κ3) is 3.62. The number of nitrogens with one attached hydrogen (secondary N) is 1. The van der Waals surface area contributed by atoms with E-state index in [-0.39, 0.29) is 5.70 Å². The van der Waals surface area contributed by atoms with Crippen molar-refractivity contribution in [1.29, 1.82) is 0 Å². The fourth-order valence-electron chi connectivity index (χ4n) is 3.03. The molecule has 5 nitrogen and oxygen atoms in total. The molecule has 0 unspecified atom stereocenters. The summed E-state index contributed by atoms with van der Waals surface area (Å²) in [6.45, 7) is 0. The third-order valence-corrected chi connectivity index (χ3v) is 5.73. The monoisotopic (exact) mass is 444 g/mol. The first-order chi connectivity index (χ1) is 14.0. The number of ether oxygens (including phenoxy) is 1. The smallest absolute Gasteiger partial charge is 0.282 e. The Morgan fingerprint density at radius 2 is 1.69 bits per heavy atom. The minimum absolute atomic E-state index is 0.160. The van der Waals surface area contributed by atoms with E-state index in [0.29, 0.717) is 37.6 Å². The molecule has 146 valence electrons. The number of anilines is 2. The van der Waals surface area contributed by atoms with Gasteiger partial charge in [-0.2, -0.15) is 0 Å². The fraction of sp³-hybridized carbons (Fsp3) is 0.0476. The minimum atomic E-state index is -0.470. The molecule has 1 aliphatic heterocycles. The first kappa shape index (κ1) is 19.5. The van der Waals surface area contributed by atoms with Gasteiger partial charge in [0.25, 0.3) is 11.8 Å². The van der Waals surface area contributed by atoms with Crippen molar-refractivity contribution < 1.29 is 14.3 Å². The van der Waals surface area contributed by atoms with Crippen LogP contribution in [0.15, 0.2) is 65.7 Å². The lowest BCUT2D eigenvalue weighted by Crippen LogP contribution is -2.32. The average Bonchev–Trinajstić information content (AvgIpc) is 3.30. The highest BCUT2D eigenvalue weighted by Crippen LogP contribution is 2.37. The van der Waals surface area contributed by atoms with E-state index in [9.17, 15) is 9.59 Å². The molecule has 3 aromatic rings. The third-order valence-electron chi connectivity index (χ3n) is 4.36. The van der Waals surface area contributed by atoms with Gasteiger partial charge in [-0.25, -0.2) is 4.90 Å². The molecule has 2 amide bonds. The number of amides is 2. The number of rotatable bonds is 5. The summed E-state index contributed by atoms with van der Waals surface area (Å²) in [6.07, 6.45) is 0. The molecule has 29 heavy (non-hydrogen) atoms. The number of carbonyl (C=O) groups excluding carboxylic acids is 2. The maximum atomic E-state index is 13.3. The van der Waals surface area contributed by atoms with Gasteiger partial charge in [0.2, 0.25) is 0 Å². The van der Waals surface area contributed by atoms with Crippen LogP contribution in [0.1, 0.15) is 4.88 Å². The van der Waals surface area contributed by atoms with Gasteiger partial charge in [0.15, 0.2) is 0 Å². The van der Waals surface area contributed by atoms with E-state index in [1.807, 2.05) is 11.4 Å². The Morgan fingerprint density at radius 1 is 0.966 bits per heavy atom. The van der Waals surface area contributed by atoms with E-state index >= 15 is 0 Å². The summed E-state index contributed by atoms with van der Waals surface area (Å²) in [5, 5.41) is 5.90. The second-order valence-corrected chi connectivity index (χ2v) is 7.94. The van der Waals surface area contributed by atoms with Crippen molar-refractivity contribution in [1.82, 2.24) is 0 Å². The molecule has 1 aromatic heterocycles. The molecule has 0 aliphatic carbocycles. The number of halogens is 2. The van der Waals surface area contributed by atoms with Crippen molar-refractivity contribution in [3.8, 4) is 5.75 Å². The molecule has 2 heterocycles. The number of nitrogens with zero attached hydrogens (tertiary/aromatic N) is 1. The lowest BCUT2D eigenvalue weighted by molar-refractivity contribution is -0.120. The van der Waals surface area contributed by atoms with Crippen LogP contribution in [0.25, 0.3) is 5.57 Å². The van der Waals surface area contributed by atoms with Gasteiger partial charge in [0.05, 0.1) is 24.1 Å². The number of hydrogen-bond acceptors (Lipinski definition) is 5. The zero-order valence-electron chi connectivity index (χ0n) is 15.1. The van der Waals surface area contributed by atoms with Crippen molar-refractivity contribution in [3.05, 3.63) is 80.6 Å². The second kappa shape index (κ2) is 7.91. The minimum Gasteiger partial charge on any atom is -0.495 e. The number of imide groups is 1. The molecule has 0 bridgehead atoms. The highest BCUT2D eigenvalue weighted by molar-refractivity contribution is 7.11. The largest absolute Gasteiger partial charge is 0.495 e. The van der Waals surface area contributed by atoms with Gasteiger partial charge in [-0.15, -0.1) is 11.3 Å². The van der Waals surface area contributed by atoms with E-state index in [1.165, 1.54) is 18.4 Å². The highest BCUT2D eigenvalue weighted by Gasteiger charge is 2.41. The Bertz CT molecular complexity index is 1130. The molecule has 0 radical (unpaired) electrons. The first-order valence-electron chi connectivity index (χ1n) is 8.52. The topological polar surface area (TPSA) is 58.6 Å². The van der Waals surface area contributed by atoms with Crippen LogP contribution in [0.5, 0.6) is 5.75 Å². The normalized spacial score (nSPS) is 14.0. The van der Waals surface area contributed by atoms with Crippen LogP contribution in [-0.4, -0.2) is 18.9 Å². The molecule has 0 saturated heterocycles. The van der Waals surface area contributed by atoms with Crippen LogP contribution >= 0.6 is 34.5 Å². The number of thiophene rings is 1. The van der Waals surface area contributed by atoms with Gasteiger partial charge in [-0.3, -0.25) is 9.59 Å². The SMILES string of the molecule is COc1ccc(Cl)cc1NC1=C(c2cccs2)C(=O)N(c2ccc(Cl)cc2)C1=O. The Labute approximate surface area is 181 Å². The molecule has 0 fully saturated rings. The van der Waals surface area contributed by atoms with Crippen LogP contribution in [-0.2, 0) is 9.59 Å². The van der Waals surface area contributed by atoms with Gasteiger partial charge in [0, 0.05) is 14.9 Å². The lowest BCUT2D eigenvalue weighted by atomic mass is 10.1. The van der Waals surface area contributed by atoms with E-state index in [0.717, 1.165) is 4.90 Å². The van der Waals surface area contributed by atoms with E-state index in [1.54, 1.807) is 48.5 Å². The molecular weight excluding hydrogens is 431 g/mol. The number of methoxy groups -OCH3 is 1.